The monoisotopic (exact) mass is 303 g/mol. The molecule has 0 bridgehead atoms. The van der Waals surface area contributed by atoms with E-state index >= 15 is 0 Å². The average molecular weight is 303 g/mol. The van der Waals surface area contributed by atoms with Gasteiger partial charge in [-0.25, -0.2) is 0 Å². The van der Waals surface area contributed by atoms with Crippen molar-refractivity contribution in [1.82, 2.24) is 0 Å². The van der Waals surface area contributed by atoms with E-state index in [1.54, 1.807) is 27.7 Å². The predicted octanol–water partition coefficient (Wildman–Crippen LogP) is 0.786. The minimum Gasteiger partial charge on any atom is -0.462 e. The molecule has 2 N–H and O–H groups in total. The molecular weight excluding hydrogens is 278 g/mol. The van der Waals surface area contributed by atoms with Gasteiger partial charge in [0.15, 0.2) is 0 Å². The minimum atomic E-state index is -0.996. The zero-order valence-electron chi connectivity index (χ0n) is 13.5. The van der Waals surface area contributed by atoms with Gasteiger partial charge in [0.25, 0.3) is 0 Å². The van der Waals surface area contributed by atoms with Crippen LogP contribution in [0.1, 0.15) is 41.5 Å². The van der Waals surface area contributed by atoms with E-state index in [1.165, 1.54) is 13.8 Å². The number of esters is 3. The van der Waals surface area contributed by atoms with Crippen molar-refractivity contribution in [3.8, 4) is 0 Å². The van der Waals surface area contributed by atoms with E-state index in [9.17, 15) is 14.4 Å². The second-order valence-electron chi connectivity index (χ2n) is 5.87. The van der Waals surface area contributed by atoms with Crippen molar-refractivity contribution < 1.29 is 28.6 Å². The highest BCUT2D eigenvalue weighted by molar-refractivity contribution is 5.76. The Balaban J connectivity index is 4.83. The molecule has 0 saturated carbocycles. The Morgan fingerprint density at radius 3 is 2.00 bits per heavy atom. The van der Waals surface area contributed by atoms with Crippen LogP contribution in [-0.2, 0) is 28.6 Å². The quantitative estimate of drug-likeness (QED) is 0.571. The number of hydrogen-bond donors (Lipinski definition) is 1. The average Bonchev–Trinajstić information content (AvgIpc) is 2.29. The van der Waals surface area contributed by atoms with Crippen LogP contribution in [-0.4, -0.2) is 42.3 Å². The van der Waals surface area contributed by atoms with Gasteiger partial charge in [0.05, 0.1) is 0 Å². The highest BCUT2D eigenvalue weighted by Crippen LogP contribution is 2.16. The summed E-state index contributed by atoms with van der Waals surface area (Å²) in [5.74, 6) is -2.22. The molecule has 3 atom stereocenters. The van der Waals surface area contributed by atoms with Gasteiger partial charge in [0, 0.05) is 19.8 Å². The van der Waals surface area contributed by atoms with Crippen LogP contribution in [0, 0.1) is 5.92 Å². The van der Waals surface area contributed by atoms with Gasteiger partial charge < -0.3 is 19.9 Å². The van der Waals surface area contributed by atoms with Crippen LogP contribution in [0.2, 0.25) is 0 Å². The topological polar surface area (TPSA) is 105 Å². The fourth-order valence-corrected chi connectivity index (χ4v) is 1.52. The van der Waals surface area contributed by atoms with Gasteiger partial charge in [-0.1, -0.05) is 6.92 Å². The molecule has 0 heterocycles. The first kappa shape index (κ1) is 19.4. The molecule has 122 valence electrons. The van der Waals surface area contributed by atoms with Crippen molar-refractivity contribution in [2.45, 2.75) is 59.3 Å². The molecule has 7 heteroatoms. The van der Waals surface area contributed by atoms with Gasteiger partial charge in [-0.2, -0.15) is 0 Å². The van der Waals surface area contributed by atoms with E-state index < -0.39 is 41.6 Å². The normalized spacial score (nSPS) is 15.6. The van der Waals surface area contributed by atoms with Crippen LogP contribution in [0.25, 0.3) is 0 Å². The lowest BCUT2D eigenvalue weighted by Gasteiger charge is -2.29. The molecule has 0 aliphatic carbocycles. The van der Waals surface area contributed by atoms with Gasteiger partial charge in [-0.3, -0.25) is 14.4 Å². The minimum absolute atomic E-state index is 0.160. The molecule has 0 saturated heterocycles. The van der Waals surface area contributed by atoms with Crippen LogP contribution in [0.5, 0.6) is 0 Å². The highest BCUT2D eigenvalue weighted by atomic mass is 16.6. The van der Waals surface area contributed by atoms with Crippen molar-refractivity contribution in [3.05, 3.63) is 0 Å². The van der Waals surface area contributed by atoms with E-state index in [0.29, 0.717) is 0 Å². The molecule has 0 amide bonds. The summed E-state index contributed by atoms with van der Waals surface area (Å²) in [5.41, 5.74) is 5.18. The second-order valence-corrected chi connectivity index (χ2v) is 5.87. The first-order chi connectivity index (χ1) is 9.44. The number of carbonyl (C=O) groups excluding carboxylic acids is 3. The zero-order chi connectivity index (χ0) is 16.8. The summed E-state index contributed by atoms with van der Waals surface area (Å²) in [4.78, 5) is 33.9. The summed E-state index contributed by atoms with van der Waals surface area (Å²) >= 11 is 0. The van der Waals surface area contributed by atoms with Gasteiger partial charge in [0.2, 0.25) is 0 Å². The van der Waals surface area contributed by atoms with Gasteiger partial charge in [0.1, 0.15) is 24.4 Å². The SMILES string of the molecule is CC(=O)OC[C@H](OC(C)=O)[C@H](C)[C@H](N)C(=O)OC(C)(C)C. The first-order valence-electron chi connectivity index (χ1n) is 6.73. The largest absolute Gasteiger partial charge is 0.462 e. The Bertz CT molecular complexity index is 387. The molecule has 0 unspecified atom stereocenters. The van der Waals surface area contributed by atoms with Crippen molar-refractivity contribution in [2.75, 3.05) is 6.61 Å². The lowest BCUT2D eigenvalue weighted by molar-refractivity contribution is -0.166. The molecule has 7 nitrogen and oxygen atoms in total. The molecular formula is C14H25NO6. The molecule has 0 rings (SSSR count). The highest BCUT2D eigenvalue weighted by Gasteiger charge is 2.33. The number of ether oxygens (including phenoxy) is 3. The second kappa shape index (κ2) is 7.97. The van der Waals surface area contributed by atoms with Crippen LogP contribution in [0.3, 0.4) is 0 Å². The summed E-state index contributed by atoms with van der Waals surface area (Å²) in [7, 11) is 0. The predicted molar refractivity (Wildman–Crippen MR) is 75.2 cm³/mol. The summed E-state index contributed by atoms with van der Waals surface area (Å²) in [6.45, 7) is 9.12. The molecule has 0 aromatic carbocycles. The van der Waals surface area contributed by atoms with Gasteiger partial charge in [-0.05, 0) is 20.8 Å². The van der Waals surface area contributed by atoms with E-state index in [-0.39, 0.29) is 6.61 Å². The third-order valence-electron chi connectivity index (χ3n) is 2.60. The van der Waals surface area contributed by atoms with Crippen molar-refractivity contribution in [3.63, 3.8) is 0 Å². The molecule has 0 aliphatic rings. The maximum Gasteiger partial charge on any atom is 0.323 e. The summed E-state index contributed by atoms with van der Waals surface area (Å²) < 4.78 is 15.1. The van der Waals surface area contributed by atoms with Crippen molar-refractivity contribution in [2.24, 2.45) is 11.7 Å². The van der Waals surface area contributed by atoms with Gasteiger partial charge >= 0.3 is 17.9 Å². The Hall–Kier alpha value is -1.63. The summed E-state index contributed by atoms with van der Waals surface area (Å²) in [6, 6.07) is -0.996. The Labute approximate surface area is 125 Å². The fraction of sp³-hybridized carbons (Fsp3) is 0.786. The van der Waals surface area contributed by atoms with E-state index in [2.05, 4.69) is 0 Å². The van der Waals surface area contributed by atoms with Crippen LogP contribution < -0.4 is 5.73 Å². The Kier molecular flexibility index (Phi) is 7.35. The van der Waals surface area contributed by atoms with Crippen molar-refractivity contribution in [1.29, 1.82) is 0 Å². The van der Waals surface area contributed by atoms with Crippen LogP contribution in [0.4, 0.5) is 0 Å². The molecule has 0 aliphatic heterocycles. The van der Waals surface area contributed by atoms with Gasteiger partial charge in [-0.15, -0.1) is 0 Å². The molecule has 0 aromatic rings. The molecule has 21 heavy (non-hydrogen) atoms. The molecule has 0 aromatic heterocycles. The molecule has 0 fully saturated rings. The number of nitrogens with two attached hydrogens (primary N) is 1. The third kappa shape index (κ3) is 8.29. The summed E-state index contributed by atoms with van der Waals surface area (Å²) in [5, 5.41) is 0. The maximum absolute atomic E-state index is 11.9. The van der Waals surface area contributed by atoms with Crippen LogP contribution >= 0.6 is 0 Å². The van der Waals surface area contributed by atoms with Crippen LogP contribution in [0.15, 0.2) is 0 Å². The zero-order valence-corrected chi connectivity index (χ0v) is 13.5. The third-order valence-corrected chi connectivity index (χ3v) is 2.60. The first-order valence-corrected chi connectivity index (χ1v) is 6.73. The Morgan fingerprint density at radius 2 is 1.62 bits per heavy atom. The van der Waals surface area contributed by atoms with Crippen molar-refractivity contribution >= 4 is 17.9 Å². The maximum atomic E-state index is 11.9. The number of carbonyl (C=O) groups is 3. The lowest BCUT2D eigenvalue weighted by atomic mass is 9.96. The fourth-order valence-electron chi connectivity index (χ4n) is 1.52. The van der Waals surface area contributed by atoms with E-state index in [0.717, 1.165) is 0 Å². The standard InChI is InChI=1S/C14H25NO6/c1-8(12(15)13(18)21-14(4,5)6)11(20-10(3)17)7-19-9(2)16/h8,11-12H,7,15H2,1-6H3/t8-,11-,12-/m0/s1. The molecule has 0 radical (unpaired) electrons. The number of hydrogen-bond acceptors (Lipinski definition) is 7. The number of rotatable bonds is 6. The summed E-state index contributed by atoms with van der Waals surface area (Å²) in [6.07, 6.45) is -0.811. The van der Waals surface area contributed by atoms with E-state index in [4.69, 9.17) is 19.9 Å². The Morgan fingerprint density at radius 1 is 1.10 bits per heavy atom. The lowest BCUT2D eigenvalue weighted by Crippen LogP contribution is -2.47. The van der Waals surface area contributed by atoms with E-state index in [1.807, 2.05) is 0 Å². The molecule has 0 spiro atoms. The smallest absolute Gasteiger partial charge is 0.323 e.